The van der Waals surface area contributed by atoms with Crippen LogP contribution in [0, 0.1) is 6.92 Å². The zero-order valence-corrected chi connectivity index (χ0v) is 13.2. The van der Waals surface area contributed by atoms with E-state index >= 15 is 0 Å². The molecule has 1 aliphatic carbocycles. The number of nitrogens with zero attached hydrogens (tertiary/aromatic N) is 3. The molecule has 0 aliphatic heterocycles. The van der Waals surface area contributed by atoms with Crippen molar-refractivity contribution in [3.63, 3.8) is 0 Å². The van der Waals surface area contributed by atoms with E-state index in [0.29, 0.717) is 17.6 Å². The van der Waals surface area contributed by atoms with E-state index in [1.54, 1.807) is 11.3 Å². The molecule has 2 aromatic rings. The van der Waals surface area contributed by atoms with Crippen LogP contribution in [-0.4, -0.2) is 15.0 Å². The molecule has 1 fully saturated rings. The van der Waals surface area contributed by atoms with Gasteiger partial charge in [0.25, 0.3) is 0 Å². The molecule has 1 N–H and O–H groups in total. The monoisotopic (exact) mass is 308 g/mol. The Labute approximate surface area is 127 Å². The van der Waals surface area contributed by atoms with E-state index < -0.39 is 0 Å². The van der Waals surface area contributed by atoms with Crippen LogP contribution < -0.4 is 5.32 Å². The first-order chi connectivity index (χ1) is 9.67. The van der Waals surface area contributed by atoms with Crippen LogP contribution in [0.25, 0.3) is 0 Å². The van der Waals surface area contributed by atoms with E-state index in [9.17, 15) is 0 Å². The van der Waals surface area contributed by atoms with Gasteiger partial charge in [0, 0.05) is 22.6 Å². The second kappa shape index (κ2) is 5.66. The number of rotatable bonds is 5. The van der Waals surface area contributed by atoms with Gasteiger partial charge in [-0.1, -0.05) is 18.5 Å². The standard InChI is InChI=1S/C14H17ClN4S/c1-3-10-6-16-11(20-10)7-17-13-8(2)12(15)18-14(19-13)9-4-5-9/h6,9H,3-5,7H2,1-2H3,(H,17,18,19). The Hall–Kier alpha value is -1.20. The molecule has 0 amide bonds. The minimum Gasteiger partial charge on any atom is -0.363 e. The van der Waals surface area contributed by atoms with Crippen molar-refractivity contribution in [1.82, 2.24) is 15.0 Å². The molecule has 0 aromatic carbocycles. The van der Waals surface area contributed by atoms with Gasteiger partial charge >= 0.3 is 0 Å². The molecule has 0 saturated heterocycles. The third kappa shape index (κ3) is 2.94. The van der Waals surface area contributed by atoms with E-state index in [1.165, 1.54) is 17.7 Å². The van der Waals surface area contributed by atoms with Crippen LogP contribution in [-0.2, 0) is 13.0 Å². The summed E-state index contributed by atoms with van der Waals surface area (Å²) in [4.78, 5) is 14.7. The van der Waals surface area contributed by atoms with Gasteiger partial charge in [0.15, 0.2) is 0 Å². The number of halogens is 1. The van der Waals surface area contributed by atoms with Gasteiger partial charge in [-0.15, -0.1) is 11.3 Å². The second-order valence-corrected chi connectivity index (χ2v) is 6.61. The van der Waals surface area contributed by atoms with Crippen molar-refractivity contribution in [3.05, 3.63) is 32.6 Å². The number of aromatic nitrogens is 3. The third-order valence-corrected chi connectivity index (χ3v) is 4.91. The number of nitrogens with one attached hydrogen (secondary N) is 1. The van der Waals surface area contributed by atoms with Gasteiger partial charge in [0.05, 0.1) is 6.54 Å². The molecule has 6 heteroatoms. The molecule has 0 unspecified atom stereocenters. The smallest absolute Gasteiger partial charge is 0.137 e. The lowest BCUT2D eigenvalue weighted by Crippen LogP contribution is -2.06. The van der Waals surface area contributed by atoms with Gasteiger partial charge in [0.2, 0.25) is 0 Å². The van der Waals surface area contributed by atoms with Gasteiger partial charge in [-0.3, -0.25) is 0 Å². The fraction of sp³-hybridized carbons (Fsp3) is 0.500. The van der Waals surface area contributed by atoms with Crippen LogP contribution in [0.4, 0.5) is 5.82 Å². The lowest BCUT2D eigenvalue weighted by Gasteiger charge is -2.10. The third-order valence-electron chi connectivity index (χ3n) is 3.40. The highest BCUT2D eigenvalue weighted by atomic mass is 35.5. The van der Waals surface area contributed by atoms with Crippen LogP contribution in [0.3, 0.4) is 0 Å². The average Bonchev–Trinajstić information content (AvgIpc) is 3.19. The highest BCUT2D eigenvalue weighted by molar-refractivity contribution is 7.11. The predicted octanol–water partition coefficient (Wildman–Crippen LogP) is 3.95. The van der Waals surface area contributed by atoms with Crippen molar-refractivity contribution < 1.29 is 0 Å². The lowest BCUT2D eigenvalue weighted by molar-refractivity contribution is 0.910. The number of hydrogen-bond acceptors (Lipinski definition) is 5. The van der Waals surface area contributed by atoms with Crippen molar-refractivity contribution in [2.45, 2.75) is 45.6 Å². The maximum atomic E-state index is 6.20. The fourth-order valence-electron chi connectivity index (χ4n) is 1.95. The van der Waals surface area contributed by atoms with Crippen molar-refractivity contribution in [2.75, 3.05) is 5.32 Å². The molecule has 1 saturated carbocycles. The molecule has 106 valence electrons. The number of aryl methyl sites for hydroxylation is 1. The predicted molar refractivity (Wildman–Crippen MR) is 82.6 cm³/mol. The van der Waals surface area contributed by atoms with Crippen molar-refractivity contribution in [2.24, 2.45) is 0 Å². The SMILES string of the molecule is CCc1cnc(CNc2nc(C3CC3)nc(Cl)c2C)s1. The number of anilines is 1. The zero-order chi connectivity index (χ0) is 14.1. The Bertz CT molecular complexity index is 622. The summed E-state index contributed by atoms with van der Waals surface area (Å²) in [6.45, 7) is 4.77. The Morgan fingerprint density at radius 3 is 2.85 bits per heavy atom. The maximum Gasteiger partial charge on any atom is 0.137 e. The Morgan fingerprint density at radius 2 is 2.20 bits per heavy atom. The molecule has 0 bridgehead atoms. The summed E-state index contributed by atoms with van der Waals surface area (Å²) < 4.78 is 0. The van der Waals surface area contributed by atoms with Crippen molar-refractivity contribution >= 4 is 28.8 Å². The molecule has 3 rings (SSSR count). The maximum absolute atomic E-state index is 6.20. The first kappa shape index (κ1) is 13.8. The topological polar surface area (TPSA) is 50.7 Å². The summed E-state index contributed by atoms with van der Waals surface area (Å²) in [6.07, 6.45) is 5.31. The van der Waals surface area contributed by atoms with Gasteiger partial charge in [-0.05, 0) is 26.2 Å². The minimum atomic E-state index is 0.500. The highest BCUT2D eigenvalue weighted by Gasteiger charge is 2.28. The second-order valence-electron chi connectivity index (χ2n) is 5.05. The minimum absolute atomic E-state index is 0.500. The van der Waals surface area contributed by atoms with Crippen molar-refractivity contribution in [3.8, 4) is 0 Å². The first-order valence-electron chi connectivity index (χ1n) is 6.89. The number of thiazole rings is 1. The fourth-order valence-corrected chi connectivity index (χ4v) is 2.93. The van der Waals surface area contributed by atoms with E-state index in [1.807, 2.05) is 13.1 Å². The molecule has 4 nitrogen and oxygen atoms in total. The summed E-state index contributed by atoms with van der Waals surface area (Å²) in [5.74, 6) is 2.21. The average molecular weight is 309 g/mol. The Balaban J connectivity index is 1.75. The summed E-state index contributed by atoms with van der Waals surface area (Å²) in [5, 5.41) is 4.97. The van der Waals surface area contributed by atoms with E-state index in [0.717, 1.165) is 28.6 Å². The molecular weight excluding hydrogens is 292 g/mol. The molecular formula is C14H17ClN4S. The van der Waals surface area contributed by atoms with Crippen LogP contribution in [0.15, 0.2) is 6.20 Å². The van der Waals surface area contributed by atoms with Crippen LogP contribution >= 0.6 is 22.9 Å². The Kier molecular flexibility index (Phi) is 3.89. The normalized spacial score (nSPS) is 14.6. The van der Waals surface area contributed by atoms with E-state index in [-0.39, 0.29) is 0 Å². The quantitative estimate of drug-likeness (QED) is 0.850. The van der Waals surface area contributed by atoms with Crippen molar-refractivity contribution in [1.29, 1.82) is 0 Å². The zero-order valence-electron chi connectivity index (χ0n) is 11.6. The summed E-state index contributed by atoms with van der Waals surface area (Å²) in [5.41, 5.74) is 0.906. The summed E-state index contributed by atoms with van der Waals surface area (Å²) in [6, 6.07) is 0. The molecule has 1 aliphatic rings. The summed E-state index contributed by atoms with van der Waals surface area (Å²) in [7, 11) is 0. The molecule has 0 radical (unpaired) electrons. The highest BCUT2D eigenvalue weighted by Crippen LogP contribution is 2.39. The largest absolute Gasteiger partial charge is 0.363 e. The summed E-state index contributed by atoms with van der Waals surface area (Å²) >= 11 is 7.93. The van der Waals surface area contributed by atoms with Crippen LogP contribution in [0.5, 0.6) is 0 Å². The van der Waals surface area contributed by atoms with E-state index in [2.05, 4.69) is 27.2 Å². The Morgan fingerprint density at radius 1 is 1.40 bits per heavy atom. The van der Waals surface area contributed by atoms with Gasteiger partial charge in [-0.2, -0.15) is 0 Å². The number of hydrogen-bond donors (Lipinski definition) is 1. The van der Waals surface area contributed by atoms with Gasteiger partial charge in [-0.25, -0.2) is 15.0 Å². The van der Waals surface area contributed by atoms with Crippen LogP contribution in [0.1, 0.15) is 47.0 Å². The molecule has 0 spiro atoms. The van der Waals surface area contributed by atoms with Gasteiger partial charge < -0.3 is 5.32 Å². The lowest BCUT2D eigenvalue weighted by atomic mass is 10.3. The molecule has 20 heavy (non-hydrogen) atoms. The molecule has 0 atom stereocenters. The van der Waals surface area contributed by atoms with E-state index in [4.69, 9.17) is 11.6 Å². The van der Waals surface area contributed by atoms with Crippen LogP contribution in [0.2, 0.25) is 5.15 Å². The van der Waals surface area contributed by atoms with Gasteiger partial charge in [0.1, 0.15) is 21.8 Å². The molecule has 2 aromatic heterocycles. The first-order valence-corrected chi connectivity index (χ1v) is 8.08. The molecule has 2 heterocycles.